The number of halogens is 1. The van der Waals surface area contributed by atoms with E-state index in [-0.39, 0.29) is 0 Å². The number of hydrogen-bond acceptors (Lipinski definition) is 5. The fourth-order valence-corrected chi connectivity index (χ4v) is 2.99. The summed E-state index contributed by atoms with van der Waals surface area (Å²) in [5, 5.41) is 21.7. The lowest BCUT2D eigenvalue weighted by Crippen LogP contribution is -2.53. The Bertz CT molecular complexity index is 848. The molecule has 2 aromatic rings. The Balaban J connectivity index is 2.53. The van der Waals surface area contributed by atoms with Gasteiger partial charge in [0.05, 0.1) is 16.7 Å². The molecule has 0 fully saturated rings. The molecule has 148 valence electrons. The van der Waals surface area contributed by atoms with Gasteiger partial charge in [-0.2, -0.15) is 0 Å². The largest absolute Gasteiger partial charge is 0.493 e. The first kappa shape index (κ1) is 21.9. The average Bonchev–Trinajstić information content (AvgIpc) is 2.85. The van der Waals surface area contributed by atoms with Crippen LogP contribution in [0.1, 0.15) is 48.5 Å². The van der Waals surface area contributed by atoms with Crippen LogP contribution in [0.25, 0.3) is 10.9 Å². The minimum atomic E-state index is -1.35. The fourth-order valence-electron chi connectivity index (χ4n) is 2.41. The van der Waals surface area contributed by atoms with Crippen molar-refractivity contribution in [3.8, 4) is 0 Å². The highest BCUT2D eigenvalue weighted by molar-refractivity contribution is 9.10. The molecule has 0 atom stereocenters. The second-order valence-electron chi connectivity index (χ2n) is 8.61. The van der Waals surface area contributed by atoms with Gasteiger partial charge in [0, 0.05) is 21.5 Å². The highest BCUT2D eigenvalue weighted by atomic mass is 79.9. The Morgan fingerprint density at radius 1 is 1.15 bits per heavy atom. The Morgan fingerprint density at radius 2 is 1.74 bits per heavy atom. The molecule has 2 N–H and O–H groups in total. The van der Waals surface area contributed by atoms with E-state index in [1.54, 1.807) is 60.6 Å². The van der Waals surface area contributed by atoms with Gasteiger partial charge in [-0.3, -0.25) is 4.57 Å². The average molecular weight is 440 g/mol. The van der Waals surface area contributed by atoms with Gasteiger partial charge in [0.15, 0.2) is 0 Å². The molecule has 0 aliphatic carbocycles. The molecule has 2 rings (SSSR count). The summed E-state index contributed by atoms with van der Waals surface area (Å²) < 4.78 is 13.3. The van der Waals surface area contributed by atoms with Gasteiger partial charge < -0.3 is 19.5 Å². The normalized spacial score (nSPS) is 13.1. The Morgan fingerprint density at radius 3 is 2.26 bits per heavy atom. The minimum absolute atomic E-state index is 0.403. The highest BCUT2D eigenvalue weighted by Crippen LogP contribution is 2.28. The number of aliphatic hydroxyl groups is 1. The van der Waals surface area contributed by atoms with Crippen molar-refractivity contribution in [1.29, 1.82) is 0 Å². The van der Waals surface area contributed by atoms with E-state index in [1.165, 1.54) is 10.8 Å². The van der Waals surface area contributed by atoms with Crippen molar-refractivity contribution in [1.82, 2.24) is 4.57 Å². The number of carbonyl (C=O) groups excluding carboxylic acids is 1. The molecule has 0 bridgehead atoms. The van der Waals surface area contributed by atoms with E-state index in [0.717, 1.165) is 0 Å². The van der Waals surface area contributed by atoms with E-state index in [4.69, 9.17) is 9.39 Å². The quantitative estimate of drug-likeness (QED) is 0.713. The predicted octanol–water partition coefficient (Wildman–Crippen LogP) is 3.44. The summed E-state index contributed by atoms with van der Waals surface area (Å²) in [6, 6.07) is 5.38. The third-order valence-electron chi connectivity index (χ3n) is 4.54. The van der Waals surface area contributed by atoms with Crippen LogP contribution < -0.4 is 5.46 Å². The molecule has 8 heteroatoms. The van der Waals surface area contributed by atoms with Gasteiger partial charge in [-0.1, -0.05) is 22.0 Å². The summed E-state index contributed by atoms with van der Waals surface area (Å²) in [5.41, 5.74) is -1.89. The van der Waals surface area contributed by atoms with Gasteiger partial charge in [0.1, 0.15) is 5.60 Å². The van der Waals surface area contributed by atoms with Gasteiger partial charge in [-0.15, -0.1) is 0 Å². The lowest BCUT2D eigenvalue weighted by Gasteiger charge is -2.38. The number of nitrogens with zero attached hydrogens (tertiary/aromatic N) is 1. The van der Waals surface area contributed by atoms with Crippen molar-refractivity contribution in [2.24, 2.45) is 0 Å². The zero-order valence-electron chi connectivity index (χ0n) is 16.8. The van der Waals surface area contributed by atoms with Crippen LogP contribution in [0.3, 0.4) is 0 Å². The molecule has 0 amide bonds. The molecular formula is C19H27BBrNO5. The van der Waals surface area contributed by atoms with Gasteiger partial charge >= 0.3 is 13.2 Å². The van der Waals surface area contributed by atoms with Gasteiger partial charge in [-0.25, -0.2) is 4.79 Å². The Labute approximate surface area is 168 Å². The molecule has 0 saturated heterocycles. The summed E-state index contributed by atoms with van der Waals surface area (Å²) in [7, 11) is -1.35. The minimum Gasteiger partial charge on any atom is -0.443 e. The fraction of sp³-hybridized carbons (Fsp3) is 0.526. The third kappa shape index (κ3) is 4.74. The number of aromatic nitrogens is 1. The standard InChI is InChI=1S/C19H27BBrNO5/c1-17(2,3)26-16(23)22-11-12(15-13(21)9-8-10-14(15)22)20(25)27-19(6,7)18(4,5)24/h8-11,24-25H,1-7H3. The molecule has 0 radical (unpaired) electrons. The molecule has 1 aromatic heterocycles. The Hall–Kier alpha value is -1.35. The lowest BCUT2D eigenvalue weighted by atomic mass is 9.76. The van der Waals surface area contributed by atoms with E-state index < -0.39 is 30.0 Å². The third-order valence-corrected chi connectivity index (χ3v) is 5.20. The maximum absolute atomic E-state index is 12.6. The number of rotatable bonds is 4. The van der Waals surface area contributed by atoms with Crippen LogP contribution in [0.2, 0.25) is 0 Å². The Kier molecular flexibility index (Phi) is 5.88. The van der Waals surface area contributed by atoms with Gasteiger partial charge in [0.2, 0.25) is 0 Å². The lowest BCUT2D eigenvalue weighted by molar-refractivity contribution is -0.0982. The van der Waals surface area contributed by atoms with Crippen LogP contribution in [0.5, 0.6) is 0 Å². The van der Waals surface area contributed by atoms with Crippen molar-refractivity contribution in [2.45, 2.75) is 65.3 Å². The zero-order chi connectivity index (χ0) is 20.8. The molecular weight excluding hydrogens is 413 g/mol. The van der Waals surface area contributed by atoms with Crippen LogP contribution in [0, 0.1) is 0 Å². The summed E-state index contributed by atoms with van der Waals surface area (Å²) in [6.45, 7) is 12.0. The van der Waals surface area contributed by atoms with E-state index >= 15 is 0 Å². The van der Waals surface area contributed by atoms with Crippen molar-refractivity contribution in [3.05, 3.63) is 28.9 Å². The summed E-state index contributed by atoms with van der Waals surface area (Å²) in [4.78, 5) is 12.6. The van der Waals surface area contributed by atoms with E-state index in [2.05, 4.69) is 15.9 Å². The SMILES string of the molecule is CC(C)(C)OC(=O)n1cc(B(O)OC(C)(C)C(C)(C)O)c2c(Br)cccc21. The highest BCUT2D eigenvalue weighted by Gasteiger charge is 2.40. The van der Waals surface area contributed by atoms with Crippen molar-refractivity contribution < 1.29 is 24.3 Å². The van der Waals surface area contributed by atoms with Crippen molar-refractivity contribution in [2.75, 3.05) is 0 Å². The summed E-state index contributed by atoms with van der Waals surface area (Å²) >= 11 is 3.48. The smallest absolute Gasteiger partial charge is 0.443 e. The number of hydrogen-bond donors (Lipinski definition) is 2. The number of carbonyl (C=O) groups is 1. The van der Waals surface area contributed by atoms with Crippen molar-refractivity contribution >= 4 is 45.5 Å². The van der Waals surface area contributed by atoms with Gasteiger partial charge in [-0.05, 0) is 60.6 Å². The van der Waals surface area contributed by atoms with Crippen LogP contribution in [-0.2, 0) is 9.39 Å². The second kappa shape index (κ2) is 7.24. The van der Waals surface area contributed by atoms with Crippen LogP contribution in [0.15, 0.2) is 28.9 Å². The van der Waals surface area contributed by atoms with Gasteiger partial charge in [0.25, 0.3) is 0 Å². The predicted molar refractivity (Wildman–Crippen MR) is 110 cm³/mol. The second-order valence-corrected chi connectivity index (χ2v) is 9.46. The molecule has 0 unspecified atom stereocenters. The zero-order valence-corrected chi connectivity index (χ0v) is 18.4. The molecule has 0 aliphatic heterocycles. The molecule has 0 aliphatic rings. The summed E-state index contributed by atoms with van der Waals surface area (Å²) in [5.74, 6) is 0. The molecule has 6 nitrogen and oxygen atoms in total. The molecule has 0 spiro atoms. The number of ether oxygens (including phenoxy) is 1. The molecule has 1 heterocycles. The van der Waals surface area contributed by atoms with Crippen molar-refractivity contribution in [3.63, 3.8) is 0 Å². The van der Waals surface area contributed by atoms with E-state index in [1.807, 2.05) is 6.07 Å². The topological polar surface area (TPSA) is 80.9 Å². The summed E-state index contributed by atoms with van der Waals surface area (Å²) in [6.07, 6.45) is 0.958. The monoisotopic (exact) mass is 439 g/mol. The van der Waals surface area contributed by atoms with Crippen LogP contribution in [0.4, 0.5) is 4.79 Å². The first-order valence-electron chi connectivity index (χ1n) is 8.75. The maximum Gasteiger partial charge on any atom is 0.493 e. The first-order valence-corrected chi connectivity index (χ1v) is 9.54. The maximum atomic E-state index is 12.6. The molecule has 1 aromatic carbocycles. The van der Waals surface area contributed by atoms with E-state index in [9.17, 15) is 14.9 Å². The number of fused-ring (bicyclic) bond motifs is 1. The van der Waals surface area contributed by atoms with E-state index in [0.29, 0.717) is 20.8 Å². The van der Waals surface area contributed by atoms with Crippen LogP contribution in [-0.4, -0.2) is 44.7 Å². The molecule has 27 heavy (non-hydrogen) atoms. The number of benzene rings is 1. The molecule has 0 saturated carbocycles. The first-order chi connectivity index (χ1) is 12.1. The van der Waals surface area contributed by atoms with Crippen LogP contribution >= 0.6 is 15.9 Å².